The monoisotopic (exact) mass is 444 g/mol. The quantitative estimate of drug-likeness (QED) is 0.408. The van der Waals surface area contributed by atoms with Crippen molar-refractivity contribution in [1.29, 1.82) is 0 Å². The van der Waals surface area contributed by atoms with Gasteiger partial charge in [0.05, 0.1) is 12.8 Å². The van der Waals surface area contributed by atoms with E-state index in [4.69, 9.17) is 5.73 Å². The molecular formula is C14H29IN4O2S. The van der Waals surface area contributed by atoms with Gasteiger partial charge >= 0.3 is 0 Å². The van der Waals surface area contributed by atoms with E-state index in [9.17, 15) is 8.42 Å². The largest absolute Gasteiger partial charge is 0.370 e. The van der Waals surface area contributed by atoms with Gasteiger partial charge in [0.15, 0.2) is 5.96 Å². The van der Waals surface area contributed by atoms with Crippen LogP contribution in [0, 0.1) is 0 Å². The molecule has 6 nitrogen and oxygen atoms in total. The molecule has 0 aromatic heterocycles. The van der Waals surface area contributed by atoms with E-state index in [1.54, 1.807) is 4.31 Å². The molecule has 8 heteroatoms. The lowest BCUT2D eigenvalue weighted by Crippen LogP contribution is -2.45. The molecule has 22 heavy (non-hydrogen) atoms. The topological polar surface area (TPSA) is 79.0 Å². The molecule has 0 aliphatic carbocycles. The van der Waals surface area contributed by atoms with Crippen molar-refractivity contribution in [3.8, 4) is 0 Å². The summed E-state index contributed by atoms with van der Waals surface area (Å²) in [5.41, 5.74) is 6.10. The van der Waals surface area contributed by atoms with Gasteiger partial charge in [-0.2, -0.15) is 4.31 Å². The van der Waals surface area contributed by atoms with Gasteiger partial charge in [-0.05, 0) is 25.7 Å². The van der Waals surface area contributed by atoms with E-state index in [0.717, 1.165) is 45.2 Å². The van der Waals surface area contributed by atoms with Crippen molar-refractivity contribution in [1.82, 2.24) is 9.21 Å². The van der Waals surface area contributed by atoms with Crippen molar-refractivity contribution >= 4 is 40.0 Å². The Morgan fingerprint density at radius 3 is 2.27 bits per heavy atom. The van der Waals surface area contributed by atoms with Crippen LogP contribution < -0.4 is 5.73 Å². The molecule has 1 atom stereocenters. The minimum absolute atomic E-state index is 0. The first-order chi connectivity index (χ1) is 9.98. The number of piperidine rings is 1. The van der Waals surface area contributed by atoms with Crippen molar-refractivity contribution in [2.45, 2.75) is 51.0 Å². The normalized spacial score (nSPS) is 25.4. The summed E-state index contributed by atoms with van der Waals surface area (Å²) >= 11 is 0. The fourth-order valence-electron chi connectivity index (χ4n) is 3.19. The number of guanidine groups is 1. The van der Waals surface area contributed by atoms with Gasteiger partial charge in [-0.25, -0.2) is 8.42 Å². The van der Waals surface area contributed by atoms with E-state index in [2.05, 4.69) is 9.89 Å². The van der Waals surface area contributed by atoms with E-state index in [0.29, 0.717) is 19.0 Å². The summed E-state index contributed by atoms with van der Waals surface area (Å²) in [6.45, 7) is 3.03. The summed E-state index contributed by atoms with van der Waals surface area (Å²) in [6.07, 6.45) is 9.01. The van der Waals surface area contributed by atoms with Gasteiger partial charge in [-0.1, -0.05) is 19.3 Å². The molecule has 0 aromatic rings. The second-order valence-corrected chi connectivity index (χ2v) is 8.06. The minimum atomic E-state index is -3.14. The Kier molecular flexibility index (Phi) is 8.40. The summed E-state index contributed by atoms with van der Waals surface area (Å²) in [5, 5.41) is 0. The van der Waals surface area contributed by atoms with E-state index in [1.807, 2.05) is 0 Å². The van der Waals surface area contributed by atoms with Gasteiger partial charge in [-0.3, -0.25) is 4.99 Å². The molecule has 2 heterocycles. The van der Waals surface area contributed by atoms with E-state index in [1.165, 1.54) is 19.1 Å². The van der Waals surface area contributed by atoms with Crippen molar-refractivity contribution in [3.63, 3.8) is 0 Å². The van der Waals surface area contributed by atoms with E-state index in [-0.39, 0.29) is 30.0 Å². The molecule has 130 valence electrons. The van der Waals surface area contributed by atoms with Crippen LogP contribution in [-0.2, 0) is 10.0 Å². The Hall–Kier alpha value is -0.0900. The van der Waals surface area contributed by atoms with Gasteiger partial charge in [0, 0.05) is 25.7 Å². The zero-order valence-electron chi connectivity index (χ0n) is 13.4. The SMILES string of the molecule is CS(=O)(=O)N1CCCCC1CN=C(N)N1CCCCCC1.I. The highest BCUT2D eigenvalue weighted by Crippen LogP contribution is 2.20. The molecule has 2 saturated heterocycles. The van der Waals surface area contributed by atoms with Gasteiger partial charge in [0.2, 0.25) is 10.0 Å². The molecule has 2 rings (SSSR count). The smallest absolute Gasteiger partial charge is 0.211 e. The molecule has 0 amide bonds. The first-order valence-electron chi connectivity index (χ1n) is 8.00. The third-order valence-electron chi connectivity index (χ3n) is 4.39. The Bertz CT molecular complexity index is 461. The molecule has 1 unspecified atom stereocenters. The maximum Gasteiger partial charge on any atom is 0.211 e. The molecule has 2 N–H and O–H groups in total. The summed E-state index contributed by atoms with van der Waals surface area (Å²) in [4.78, 5) is 6.63. The second-order valence-electron chi connectivity index (χ2n) is 6.12. The van der Waals surface area contributed by atoms with Crippen LogP contribution in [-0.4, -0.2) is 62.1 Å². The first kappa shape index (κ1) is 20.0. The molecule has 0 saturated carbocycles. The van der Waals surface area contributed by atoms with Gasteiger partial charge in [-0.15, -0.1) is 24.0 Å². The number of halogens is 1. The highest BCUT2D eigenvalue weighted by atomic mass is 127. The predicted octanol–water partition coefficient (Wildman–Crippen LogP) is 1.61. The van der Waals surface area contributed by atoms with Gasteiger partial charge < -0.3 is 10.6 Å². The lowest BCUT2D eigenvalue weighted by atomic mass is 10.1. The van der Waals surface area contributed by atoms with Crippen molar-refractivity contribution in [2.75, 3.05) is 32.4 Å². The molecule has 0 spiro atoms. The molecule has 2 fully saturated rings. The zero-order valence-corrected chi connectivity index (χ0v) is 16.6. The zero-order chi connectivity index (χ0) is 15.3. The number of sulfonamides is 1. The number of nitrogens with two attached hydrogens (primary N) is 1. The van der Waals surface area contributed by atoms with E-state index < -0.39 is 10.0 Å². The number of rotatable bonds is 3. The van der Waals surface area contributed by atoms with Crippen LogP contribution in [0.1, 0.15) is 44.9 Å². The molecule has 2 aliphatic heterocycles. The summed E-state index contributed by atoms with van der Waals surface area (Å²) in [6, 6.07) is -0.0284. The van der Waals surface area contributed by atoms with E-state index >= 15 is 0 Å². The lowest BCUT2D eigenvalue weighted by Gasteiger charge is -2.33. The highest BCUT2D eigenvalue weighted by molar-refractivity contribution is 14.0. The van der Waals surface area contributed by atoms with Crippen LogP contribution in [0.15, 0.2) is 4.99 Å². The summed E-state index contributed by atoms with van der Waals surface area (Å²) in [5.74, 6) is 0.580. The molecule has 2 aliphatic rings. The van der Waals surface area contributed by atoms with Gasteiger partial charge in [0.1, 0.15) is 0 Å². The van der Waals surface area contributed by atoms with Crippen LogP contribution in [0.2, 0.25) is 0 Å². The third-order valence-corrected chi connectivity index (χ3v) is 5.73. The second kappa shape index (κ2) is 9.27. The number of hydrogen-bond donors (Lipinski definition) is 1. The number of nitrogens with zero attached hydrogens (tertiary/aromatic N) is 3. The maximum absolute atomic E-state index is 11.8. The number of likely N-dealkylation sites (tertiary alicyclic amines) is 1. The molecular weight excluding hydrogens is 415 g/mol. The molecule has 0 radical (unpaired) electrons. The average Bonchev–Trinajstić information content (AvgIpc) is 2.73. The Morgan fingerprint density at radius 2 is 1.68 bits per heavy atom. The Labute approximate surface area is 151 Å². The fraction of sp³-hybridized carbons (Fsp3) is 0.929. The van der Waals surface area contributed by atoms with Crippen molar-refractivity contribution < 1.29 is 8.42 Å². The third kappa shape index (κ3) is 5.84. The lowest BCUT2D eigenvalue weighted by molar-refractivity contribution is 0.259. The predicted molar refractivity (Wildman–Crippen MR) is 101 cm³/mol. The van der Waals surface area contributed by atoms with Crippen molar-refractivity contribution in [3.05, 3.63) is 0 Å². The standard InChI is InChI=1S/C14H28N4O2S.HI/c1-21(19,20)18-11-7-4-8-13(18)12-16-14(15)17-9-5-2-3-6-10-17;/h13H,2-12H2,1H3,(H2,15,16);1H. The van der Waals surface area contributed by atoms with Crippen molar-refractivity contribution in [2.24, 2.45) is 10.7 Å². The Morgan fingerprint density at radius 1 is 1.09 bits per heavy atom. The highest BCUT2D eigenvalue weighted by Gasteiger charge is 2.29. The fourth-order valence-corrected chi connectivity index (χ4v) is 4.37. The Balaban J connectivity index is 0.00000242. The summed E-state index contributed by atoms with van der Waals surface area (Å²) < 4.78 is 25.2. The number of aliphatic imine (C=N–C) groups is 1. The molecule has 0 bridgehead atoms. The minimum Gasteiger partial charge on any atom is -0.370 e. The molecule has 0 aromatic carbocycles. The number of hydrogen-bond acceptors (Lipinski definition) is 3. The average molecular weight is 444 g/mol. The summed E-state index contributed by atoms with van der Waals surface area (Å²) in [7, 11) is -3.14. The van der Waals surface area contributed by atoms with Gasteiger partial charge in [0.25, 0.3) is 0 Å². The maximum atomic E-state index is 11.8. The van der Waals surface area contributed by atoms with Crippen LogP contribution in [0.3, 0.4) is 0 Å². The first-order valence-corrected chi connectivity index (χ1v) is 9.85. The van der Waals surface area contributed by atoms with Crippen LogP contribution in [0.5, 0.6) is 0 Å². The van der Waals surface area contributed by atoms with Crippen LogP contribution >= 0.6 is 24.0 Å². The van der Waals surface area contributed by atoms with Crippen LogP contribution in [0.4, 0.5) is 0 Å². The van der Waals surface area contributed by atoms with Crippen LogP contribution in [0.25, 0.3) is 0 Å².